The molecule has 1 amide bonds. The Morgan fingerprint density at radius 2 is 1.96 bits per heavy atom. The van der Waals surface area contributed by atoms with Gasteiger partial charge in [-0.25, -0.2) is 12.8 Å². The molecule has 1 heterocycles. The Morgan fingerprint density at radius 3 is 2.60 bits per heavy atom. The summed E-state index contributed by atoms with van der Waals surface area (Å²) in [6.45, 7) is 3.48. The minimum absolute atomic E-state index is 0.186. The molecule has 0 aromatic heterocycles. The average Bonchev–Trinajstić information content (AvgIpc) is 2.85. The van der Waals surface area contributed by atoms with Crippen LogP contribution in [0, 0.1) is 12.7 Å². The summed E-state index contributed by atoms with van der Waals surface area (Å²) in [5.41, 5.74) is 2.70. The summed E-state index contributed by atoms with van der Waals surface area (Å²) in [6.07, 6.45) is 1.72. The van der Waals surface area contributed by atoms with E-state index in [2.05, 4.69) is 5.32 Å². The molecule has 0 fully saturated rings. The molecule has 5 nitrogen and oxygen atoms in total. The molecule has 0 spiro atoms. The Labute approximate surface area is 146 Å². The molecule has 132 valence electrons. The van der Waals surface area contributed by atoms with Crippen molar-refractivity contribution >= 4 is 27.3 Å². The van der Waals surface area contributed by atoms with Crippen molar-refractivity contribution in [3.05, 3.63) is 58.9 Å². The number of carbonyl (C=O) groups excluding carboxylic acids is 1. The zero-order valence-electron chi connectivity index (χ0n) is 14.2. The molecule has 7 heteroatoms. The molecule has 0 saturated carbocycles. The fraction of sp³-hybridized carbons (Fsp3) is 0.278. The van der Waals surface area contributed by atoms with Crippen LogP contribution in [-0.4, -0.2) is 26.6 Å². The molecule has 1 aliphatic rings. The molecule has 25 heavy (non-hydrogen) atoms. The third-order valence-corrected chi connectivity index (χ3v) is 5.55. The normalized spacial score (nSPS) is 16.6. The van der Waals surface area contributed by atoms with E-state index in [1.54, 1.807) is 37.3 Å². The van der Waals surface area contributed by atoms with Gasteiger partial charge in [0.2, 0.25) is 10.0 Å². The van der Waals surface area contributed by atoms with Gasteiger partial charge in [-0.05, 0) is 61.7 Å². The van der Waals surface area contributed by atoms with E-state index in [9.17, 15) is 17.6 Å². The number of anilines is 2. The molecule has 0 unspecified atom stereocenters. The molecule has 0 bridgehead atoms. The number of halogens is 1. The van der Waals surface area contributed by atoms with E-state index in [1.807, 2.05) is 6.92 Å². The molecular weight excluding hydrogens is 343 g/mol. The molecule has 1 N–H and O–H groups in total. The lowest BCUT2D eigenvalue weighted by Gasteiger charge is -2.21. The number of rotatable bonds is 3. The number of fused-ring (bicyclic) bond motifs is 1. The third-order valence-electron chi connectivity index (χ3n) is 4.28. The lowest BCUT2D eigenvalue weighted by atomic mass is 10.1. The van der Waals surface area contributed by atoms with E-state index >= 15 is 0 Å². The summed E-state index contributed by atoms with van der Waals surface area (Å²) in [5, 5.41) is 2.66. The van der Waals surface area contributed by atoms with Crippen LogP contribution in [0.15, 0.2) is 36.4 Å². The standard InChI is InChI=1S/C18H19FN2O3S/c1-11-4-6-15(10-16(11)19)20-18(22)13-5-7-17-14(9-13)8-12(2)21(17)25(3,23)24/h4-7,9-10,12H,8H2,1-3H3,(H,20,22)/t12-/m0/s1. The van der Waals surface area contributed by atoms with Crippen molar-refractivity contribution in [2.75, 3.05) is 15.9 Å². The topological polar surface area (TPSA) is 66.5 Å². The molecule has 3 rings (SSSR count). The van der Waals surface area contributed by atoms with Crippen LogP contribution in [0.5, 0.6) is 0 Å². The van der Waals surface area contributed by atoms with Crippen molar-refractivity contribution in [3.63, 3.8) is 0 Å². The van der Waals surface area contributed by atoms with Crippen molar-refractivity contribution in [2.45, 2.75) is 26.3 Å². The quantitative estimate of drug-likeness (QED) is 0.912. The highest BCUT2D eigenvalue weighted by atomic mass is 32.2. The lowest BCUT2D eigenvalue weighted by Crippen LogP contribution is -2.34. The first-order valence-corrected chi connectivity index (χ1v) is 9.71. The molecule has 2 aromatic rings. The SMILES string of the molecule is Cc1ccc(NC(=O)c2ccc3c(c2)C[C@H](C)N3S(C)(=O)=O)cc1F. The molecule has 1 aliphatic heterocycles. The number of hydrogen-bond donors (Lipinski definition) is 1. The predicted octanol–water partition coefficient (Wildman–Crippen LogP) is 3.10. The summed E-state index contributed by atoms with van der Waals surface area (Å²) in [4.78, 5) is 12.4. The summed E-state index contributed by atoms with van der Waals surface area (Å²) in [6, 6.07) is 9.23. The molecule has 0 aliphatic carbocycles. The summed E-state index contributed by atoms with van der Waals surface area (Å²) < 4.78 is 38.8. The van der Waals surface area contributed by atoms with E-state index in [0.717, 1.165) is 5.56 Å². The van der Waals surface area contributed by atoms with Gasteiger partial charge in [-0.15, -0.1) is 0 Å². The fourth-order valence-corrected chi connectivity index (χ4v) is 4.39. The van der Waals surface area contributed by atoms with Crippen molar-refractivity contribution in [3.8, 4) is 0 Å². The Kier molecular flexibility index (Phi) is 4.28. The van der Waals surface area contributed by atoms with Crippen LogP contribution < -0.4 is 9.62 Å². The maximum Gasteiger partial charge on any atom is 0.255 e. The largest absolute Gasteiger partial charge is 0.322 e. The third kappa shape index (κ3) is 3.37. The molecule has 2 aromatic carbocycles. The van der Waals surface area contributed by atoms with Gasteiger partial charge in [-0.2, -0.15) is 0 Å². The first-order valence-electron chi connectivity index (χ1n) is 7.86. The highest BCUT2D eigenvalue weighted by Gasteiger charge is 2.32. The fourth-order valence-electron chi connectivity index (χ4n) is 3.12. The number of benzene rings is 2. The number of sulfonamides is 1. The van der Waals surface area contributed by atoms with Gasteiger partial charge in [0.15, 0.2) is 0 Å². The number of amides is 1. The summed E-state index contributed by atoms with van der Waals surface area (Å²) in [7, 11) is -3.36. The second kappa shape index (κ2) is 6.15. The van der Waals surface area contributed by atoms with Gasteiger partial charge in [0, 0.05) is 17.3 Å². The van der Waals surface area contributed by atoms with Gasteiger partial charge in [-0.3, -0.25) is 9.10 Å². The van der Waals surface area contributed by atoms with Crippen molar-refractivity contribution < 1.29 is 17.6 Å². The lowest BCUT2D eigenvalue weighted by molar-refractivity contribution is 0.102. The highest BCUT2D eigenvalue weighted by Crippen LogP contribution is 2.34. The summed E-state index contributed by atoms with van der Waals surface area (Å²) >= 11 is 0. The van der Waals surface area contributed by atoms with Crippen LogP contribution in [0.1, 0.15) is 28.4 Å². The minimum Gasteiger partial charge on any atom is -0.322 e. The van der Waals surface area contributed by atoms with Gasteiger partial charge in [0.1, 0.15) is 5.82 Å². The zero-order valence-corrected chi connectivity index (χ0v) is 15.0. The number of aryl methyl sites for hydroxylation is 1. The van der Waals surface area contributed by atoms with Crippen molar-refractivity contribution in [1.29, 1.82) is 0 Å². The van der Waals surface area contributed by atoms with E-state index < -0.39 is 10.0 Å². The number of nitrogens with zero attached hydrogens (tertiary/aromatic N) is 1. The van der Waals surface area contributed by atoms with E-state index in [4.69, 9.17) is 0 Å². The number of nitrogens with one attached hydrogen (secondary N) is 1. The van der Waals surface area contributed by atoms with Crippen LogP contribution in [0.2, 0.25) is 0 Å². The van der Waals surface area contributed by atoms with Crippen LogP contribution in [0.25, 0.3) is 0 Å². The Hall–Kier alpha value is -2.41. The van der Waals surface area contributed by atoms with Gasteiger partial charge in [0.05, 0.1) is 11.9 Å². The van der Waals surface area contributed by atoms with Crippen LogP contribution in [0.3, 0.4) is 0 Å². The highest BCUT2D eigenvalue weighted by molar-refractivity contribution is 7.92. The van der Waals surface area contributed by atoms with Crippen LogP contribution in [-0.2, 0) is 16.4 Å². The first kappa shape index (κ1) is 17.4. The van der Waals surface area contributed by atoms with Crippen molar-refractivity contribution in [2.24, 2.45) is 0 Å². The van der Waals surface area contributed by atoms with Crippen molar-refractivity contribution in [1.82, 2.24) is 0 Å². The molecule has 1 atom stereocenters. The Bertz CT molecular complexity index is 957. The first-order chi connectivity index (χ1) is 11.7. The zero-order chi connectivity index (χ0) is 18.4. The van der Waals surface area contributed by atoms with E-state index in [-0.39, 0.29) is 17.8 Å². The maximum atomic E-state index is 13.6. The van der Waals surface area contributed by atoms with Gasteiger partial charge >= 0.3 is 0 Å². The average molecular weight is 362 g/mol. The minimum atomic E-state index is -3.36. The smallest absolute Gasteiger partial charge is 0.255 e. The molecule has 0 saturated heterocycles. The second-order valence-electron chi connectivity index (χ2n) is 6.37. The van der Waals surface area contributed by atoms with E-state index in [1.165, 1.54) is 16.6 Å². The molecule has 0 radical (unpaired) electrons. The second-order valence-corrected chi connectivity index (χ2v) is 8.23. The Morgan fingerprint density at radius 1 is 1.24 bits per heavy atom. The van der Waals surface area contributed by atoms with E-state index in [0.29, 0.717) is 28.9 Å². The maximum absolute atomic E-state index is 13.6. The predicted molar refractivity (Wildman–Crippen MR) is 96.0 cm³/mol. The van der Waals surface area contributed by atoms with Crippen LogP contribution in [0.4, 0.5) is 15.8 Å². The van der Waals surface area contributed by atoms with Gasteiger partial charge < -0.3 is 5.32 Å². The van der Waals surface area contributed by atoms with Crippen LogP contribution >= 0.6 is 0 Å². The molecular formula is C18H19FN2O3S. The summed E-state index contributed by atoms with van der Waals surface area (Å²) in [5.74, 6) is -0.749. The number of hydrogen-bond acceptors (Lipinski definition) is 3. The van der Waals surface area contributed by atoms with Gasteiger partial charge in [0.25, 0.3) is 5.91 Å². The Balaban J connectivity index is 1.86. The van der Waals surface area contributed by atoms with Gasteiger partial charge in [-0.1, -0.05) is 6.07 Å². The number of carbonyl (C=O) groups is 1. The monoisotopic (exact) mass is 362 g/mol.